The zero-order valence-electron chi connectivity index (χ0n) is 17.1. The quantitative estimate of drug-likeness (QED) is 0.758. The van der Waals surface area contributed by atoms with Gasteiger partial charge in [-0.15, -0.1) is 0 Å². The van der Waals surface area contributed by atoms with E-state index in [-0.39, 0.29) is 30.5 Å². The first-order valence-electron chi connectivity index (χ1n) is 10.4. The number of carbonyl (C=O) groups excluding carboxylic acids is 1. The topological polar surface area (TPSA) is 65.0 Å². The van der Waals surface area contributed by atoms with Crippen molar-refractivity contribution in [1.82, 2.24) is 0 Å². The van der Waals surface area contributed by atoms with Crippen LogP contribution in [0.1, 0.15) is 44.2 Å². The van der Waals surface area contributed by atoms with Gasteiger partial charge in [0, 0.05) is 11.8 Å². The molecule has 0 bridgehead atoms. The SMILES string of the molecule is CCC1O[C@H](O)C(OC(=O)OCC2c3ccccc3-c3ccccc32)[C@@H](C)[C@@H]1C. The first-order valence-corrected chi connectivity index (χ1v) is 10.4. The minimum Gasteiger partial charge on any atom is -0.433 e. The molecule has 1 N–H and O–H groups in total. The van der Waals surface area contributed by atoms with Gasteiger partial charge in [0.15, 0.2) is 12.4 Å². The van der Waals surface area contributed by atoms with Gasteiger partial charge in [-0.1, -0.05) is 69.3 Å². The third-order valence-electron chi connectivity index (χ3n) is 6.49. The summed E-state index contributed by atoms with van der Waals surface area (Å²) in [6.45, 7) is 6.24. The Balaban J connectivity index is 1.43. The van der Waals surface area contributed by atoms with E-state index in [2.05, 4.69) is 31.2 Å². The molecule has 154 valence electrons. The molecule has 5 atom stereocenters. The van der Waals surface area contributed by atoms with E-state index in [9.17, 15) is 9.90 Å². The summed E-state index contributed by atoms with van der Waals surface area (Å²) < 4.78 is 16.6. The van der Waals surface area contributed by atoms with Crippen LogP contribution in [0, 0.1) is 11.8 Å². The van der Waals surface area contributed by atoms with Crippen molar-refractivity contribution in [2.75, 3.05) is 6.61 Å². The van der Waals surface area contributed by atoms with Crippen molar-refractivity contribution in [3.63, 3.8) is 0 Å². The maximum atomic E-state index is 12.4. The Kier molecular flexibility index (Phi) is 5.61. The molecule has 2 unspecified atom stereocenters. The average molecular weight is 396 g/mol. The number of hydrogen-bond acceptors (Lipinski definition) is 5. The van der Waals surface area contributed by atoms with E-state index < -0.39 is 18.5 Å². The molecule has 5 heteroatoms. The third kappa shape index (κ3) is 3.65. The molecule has 29 heavy (non-hydrogen) atoms. The Morgan fingerprint density at radius 3 is 2.17 bits per heavy atom. The Bertz CT molecular complexity index is 834. The van der Waals surface area contributed by atoms with Crippen molar-refractivity contribution in [3.05, 3.63) is 59.7 Å². The van der Waals surface area contributed by atoms with Crippen molar-refractivity contribution in [3.8, 4) is 11.1 Å². The lowest BCUT2D eigenvalue weighted by atomic mass is 9.82. The van der Waals surface area contributed by atoms with E-state index in [1.807, 2.05) is 38.1 Å². The van der Waals surface area contributed by atoms with Crippen molar-refractivity contribution in [2.45, 2.75) is 51.6 Å². The predicted molar refractivity (Wildman–Crippen MR) is 109 cm³/mol. The van der Waals surface area contributed by atoms with E-state index in [0.29, 0.717) is 0 Å². The van der Waals surface area contributed by atoms with Gasteiger partial charge in [-0.25, -0.2) is 4.79 Å². The molecule has 2 aliphatic rings. The van der Waals surface area contributed by atoms with Crippen molar-refractivity contribution >= 4 is 6.16 Å². The lowest BCUT2D eigenvalue weighted by Gasteiger charge is -2.41. The molecule has 1 heterocycles. The highest BCUT2D eigenvalue weighted by molar-refractivity contribution is 5.78. The monoisotopic (exact) mass is 396 g/mol. The molecule has 1 fully saturated rings. The molecule has 0 radical (unpaired) electrons. The van der Waals surface area contributed by atoms with Crippen LogP contribution in [0.4, 0.5) is 4.79 Å². The van der Waals surface area contributed by atoms with Crippen LogP contribution in [0.3, 0.4) is 0 Å². The number of rotatable bonds is 4. The highest BCUT2D eigenvalue weighted by Gasteiger charge is 2.42. The molecule has 4 rings (SSSR count). The number of fused-ring (bicyclic) bond motifs is 3. The fraction of sp³-hybridized carbons (Fsp3) is 0.458. The maximum absolute atomic E-state index is 12.4. The van der Waals surface area contributed by atoms with E-state index in [0.717, 1.165) is 17.5 Å². The summed E-state index contributed by atoms with van der Waals surface area (Å²) in [5.41, 5.74) is 4.65. The van der Waals surface area contributed by atoms with Gasteiger partial charge in [0.25, 0.3) is 0 Å². The molecule has 5 nitrogen and oxygen atoms in total. The number of hydrogen-bond donors (Lipinski definition) is 1. The standard InChI is InChI=1S/C24H28O5/c1-4-21-14(2)15(3)22(23(25)28-21)29-24(26)27-13-20-18-11-7-5-9-16(18)17-10-6-8-12-19(17)20/h5-12,14-15,20-23,25H,4,13H2,1-3H3/t14-,15-,21?,22?,23-/m0/s1. The number of aliphatic hydroxyl groups is 1. The van der Waals surface area contributed by atoms with Gasteiger partial charge < -0.3 is 19.3 Å². The van der Waals surface area contributed by atoms with Gasteiger partial charge in [0.05, 0.1) is 6.10 Å². The summed E-state index contributed by atoms with van der Waals surface area (Å²) >= 11 is 0. The van der Waals surface area contributed by atoms with Crippen LogP contribution in [0.25, 0.3) is 11.1 Å². The predicted octanol–water partition coefficient (Wildman–Crippen LogP) is 4.72. The second-order valence-corrected chi connectivity index (χ2v) is 8.06. The number of aliphatic hydroxyl groups excluding tert-OH is 1. The maximum Gasteiger partial charge on any atom is 0.508 e. The van der Waals surface area contributed by atoms with Crippen LogP contribution in [0.2, 0.25) is 0 Å². The summed E-state index contributed by atoms with van der Waals surface area (Å²) in [6.07, 6.45) is -1.87. The summed E-state index contributed by atoms with van der Waals surface area (Å²) in [5, 5.41) is 10.3. The number of carbonyl (C=O) groups is 1. The molecule has 0 spiro atoms. The molecule has 0 saturated carbocycles. The van der Waals surface area contributed by atoms with E-state index in [1.165, 1.54) is 11.1 Å². The van der Waals surface area contributed by atoms with Crippen LogP contribution in [0.15, 0.2) is 48.5 Å². The first-order chi connectivity index (χ1) is 14.0. The molecule has 0 aromatic heterocycles. The number of benzene rings is 2. The molecule has 1 aliphatic heterocycles. The van der Waals surface area contributed by atoms with Crippen LogP contribution < -0.4 is 0 Å². The Morgan fingerprint density at radius 1 is 1.00 bits per heavy atom. The second-order valence-electron chi connectivity index (χ2n) is 8.06. The van der Waals surface area contributed by atoms with Crippen molar-refractivity contribution < 1.29 is 24.1 Å². The zero-order valence-corrected chi connectivity index (χ0v) is 17.1. The lowest BCUT2D eigenvalue weighted by molar-refractivity contribution is -0.252. The average Bonchev–Trinajstić information content (AvgIpc) is 3.06. The van der Waals surface area contributed by atoms with Gasteiger partial charge >= 0.3 is 6.16 Å². The van der Waals surface area contributed by atoms with Crippen molar-refractivity contribution in [2.24, 2.45) is 11.8 Å². The summed E-state index contributed by atoms with van der Waals surface area (Å²) in [6, 6.07) is 16.4. The molecule has 1 aliphatic carbocycles. The number of ether oxygens (including phenoxy) is 3. The summed E-state index contributed by atoms with van der Waals surface area (Å²) in [4.78, 5) is 12.4. The van der Waals surface area contributed by atoms with E-state index >= 15 is 0 Å². The van der Waals surface area contributed by atoms with Crippen molar-refractivity contribution in [1.29, 1.82) is 0 Å². The molecular weight excluding hydrogens is 368 g/mol. The molecule has 0 amide bonds. The zero-order chi connectivity index (χ0) is 20.5. The van der Waals surface area contributed by atoms with Crippen LogP contribution >= 0.6 is 0 Å². The van der Waals surface area contributed by atoms with Crippen LogP contribution in [0.5, 0.6) is 0 Å². The normalized spacial score (nSPS) is 28.5. The third-order valence-corrected chi connectivity index (χ3v) is 6.49. The largest absolute Gasteiger partial charge is 0.508 e. The minimum atomic E-state index is -1.13. The van der Waals surface area contributed by atoms with Gasteiger partial charge in [-0.05, 0) is 34.6 Å². The highest BCUT2D eigenvalue weighted by Crippen LogP contribution is 2.44. The molecule has 2 aromatic rings. The minimum absolute atomic E-state index is 0.0239. The van der Waals surface area contributed by atoms with Crippen LogP contribution in [-0.2, 0) is 14.2 Å². The van der Waals surface area contributed by atoms with E-state index in [4.69, 9.17) is 14.2 Å². The molecule has 1 saturated heterocycles. The smallest absolute Gasteiger partial charge is 0.433 e. The van der Waals surface area contributed by atoms with Gasteiger partial charge in [-0.2, -0.15) is 0 Å². The Hall–Kier alpha value is -2.37. The van der Waals surface area contributed by atoms with Gasteiger partial charge in [0.1, 0.15) is 6.61 Å². The Labute approximate surface area is 171 Å². The van der Waals surface area contributed by atoms with E-state index in [1.54, 1.807) is 0 Å². The lowest BCUT2D eigenvalue weighted by Crippen LogP contribution is -2.50. The first kappa shape index (κ1) is 19.9. The summed E-state index contributed by atoms with van der Waals surface area (Å²) in [5.74, 6) is 0.127. The fourth-order valence-electron chi connectivity index (χ4n) is 4.65. The Morgan fingerprint density at radius 2 is 1.59 bits per heavy atom. The summed E-state index contributed by atoms with van der Waals surface area (Å²) in [7, 11) is 0. The fourth-order valence-corrected chi connectivity index (χ4v) is 4.65. The van der Waals surface area contributed by atoms with Gasteiger partial charge in [0.2, 0.25) is 0 Å². The van der Waals surface area contributed by atoms with Gasteiger partial charge in [-0.3, -0.25) is 0 Å². The second kappa shape index (κ2) is 8.17. The highest BCUT2D eigenvalue weighted by atomic mass is 16.7. The van der Waals surface area contributed by atoms with Crippen LogP contribution in [-0.4, -0.2) is 36.4 Å². The molecule has 2 aromatic carbocycles. The molecular formula is C24H28O5.